The zero-order valence-electron chi connectivity index (χ0n) is 12.9. The number of nitrogens with one attached hydrogen (secondary N) is 2. The number of carbonyl (C=O) groups excluding carboxylic acids is 2. The zero-order valence-corrected chi connectivity index (χ0v) is 12.9. The van der Waals surface area contributed by atoms with Crippen molar-refractivity contribution in [2.75, 3.05) is 26.2 Å². The van der Waals surface area contributed by atoms with Gasteiger partial charge in [-0.25, -0.2) is 0 Å². The summed E-state index contributed by atoms with van der Waals surface area (Å²) < 4.78 is 5.08. The smallest absolute Gasteiger partial charge is 0.310 e. The third-order valence-corrected chi connectivity index (χ3v) is 4.34. The fraction of sp³-hybridized carbons (Fsp3) is 0.667. The van der Waals surface area contributed by atoms with Crippen molar-refractivity contribution in [3.8, 4) is 0 Å². The Labute approximate surface area is 129 Å². The molecule has 2 N–H and O–H groups in total. The number of piperidine rings is 1. The van der Waals surface area contributed by atoms with Crippen LogP contribution in [0.1, 0.15) is 41.5 Å². The number of fused-ring (bicyclic) bond motifs is 1. The summed E-state index contributed by atoms with van der Waals surface area (Å²) in [6.45, 7) is 4.84. The quantitative estimate of drug-likeness (QED) is 0.793. The van der Waals surface area contributed by atoms with Gasteiger partial charge in [0.15, 0.2) is 5.69 Å². The van der Waals surface area contributed by atoms with Crippen LogP contribution in [0, 0.1) is 5.92 Å². The molecule has 1 unspecified atom stereocenters. The topological polar surface area (TPSA) is 87.3 Å². The maximum absolute atomic E-state index is 12.7. The lowest BCUT2D eigenvalue weighted by atomic mass is 9.97. The van der Waals surface area contributed by atoms with Gasteiger partial charge in [-0.1, -0.05) is 0 Å². The van der Waals surface area contributed by atoms with Crippen LogP contribution in [0.4, 0.5) is 0 Å². The van der Waals surface area contributed by atoms with Crippen molar-refractivity contribution in [1.82, 2.24) is 20.4 Å². The SMILES string of the molecule is CCOC(=O)C1CCCN(C(=O)c2n[nH]c3c2CNCC3)C1. The molecule has 120 valence electrons. The first kappa shape index (κ1) is 15.0. The third kappa shape index (κ3) is 2.85. The van der Waals surface area contributed by atoms with E-state index < -0.39 is 0 Å². The maximum Gasteiger partial charge on any atom is 0.310 e. The largest absolute Gasteiger partial charge is 0.466 e. The van der Waals surface area contributed by atoms with E-state index in [9.17, 15) is 9.59 Å². The molecule has 1 aromatic heterocycles. The van der Waals surface area contributed by atoms with E-state index in [4.69, 9.17) is 4.74 Å². The first-order valence-electron chi connectivity index (χ1n) is 7.93. The van der Waals surface area contributed by atoms with Gasteiger partial charge < -0.3 is 15.0 Å². The molecular weight excluding hydrogens is 284 g/mol. The van der Waals surface area contributed by atoms with Crippen LogP contribution < -0.4 is 5.32 Å². The molecule has 3 heterocycles. The number of carbonyl (C=O) groups is 2. The first-order chi connectivity index (χ1) is 10.7. The number of ether oxygens (including phenoxy) is 1. The van der Waals surface area contributed by atoms with E-state index in [2.05, 4.69) is 15.5 Å². The highest BCUT2D eigenvalue weighted by atomic mass is 16.5. The van der Waals surface area contributed by atoms with E-state index in [-0.39, 0.29) is 17.8 Å². The Balaban J connectivity index is 1.72. The second-order valence-corrected chi connectivity index (χ2v) is 5.80. The van der Waals surface area contributed by atoms with Crippen molar-refractivity contribution in [3.05, 3.63) is 17.0 Å². The first-order valence-corrected chi connectivity index (χ1v) is 7.93. The lowest BCUT2D eigenvalue weighted by molar-refractivity contribution is -0.149. The van der Waals surface area contributed by atoms with Crippen molar-refractivity contribution in [3.63, 3.8) is 0 Å². The molecule has 0 spiro atoms. The van der Waals surface area contributed by atoms with E-state index in [0.29, 0.717) is 31.9 Å². The number of H-pyrrole nitrogens is 1. The monoisotopic (exact) mass is 306 g/mol. The van der Waals surface area contributed by atoms with Gasteiger partial charge in [0.25, 0.3) is 5.91 Å². The summed E-state index contributed by atoms with van der Waals surface area (Å²) in [6.07, 6.45) is 2.46. The van der Waals surface area contributed by atoms with Crippen LogP contribution in [0.15, 0.2) is 0 Å². The van der Waals surface area contributed by atoms with Gasteiger partial charge in [0.1, 0.15) is 0 Å². The highest BCUT2D eigenvalue weighted by Crippen LogP contribution is 2.22. The van der Waals surface area contributed by atoms with Gasteiger partial charge in [-0.05, 0) is 19.8 Å². The number of amides is 1. The van der Waals surface area contributed by atoms with Crippen LogP contribution in [-0.2, 0) is 22.5 Å². The minimum atomic E-state index is -0.217. The molecule has 1 saturated heterocycles. The molecule has 1 atom stereocenters. The standard InChI is InChI=1S/C15H22N4O3/c1-2-22-15(21)10-4-3-7-19(9-10)14(20)13-11-8-16-6-5-12(11)17-18-13/h10,16H,2-9H2,1H3,(H,17,18). The van der Waals surface area contributed by atoms with Crippen molar-refractivity contribution < 1.29 is 14.3 Å². The Bertz CT molecular complexity index is 569. The minimum absolute atomic E-state index is 0.0878. The molecule has 2 aliphatic heterocycles. The van der Waals surface area contributed by atoms with Crippen LogP contribution in [0.3, 0.4) is 0 Å². The molecule has 0 aromatic carbocycles. The summed E-state index contributed by atoms with van der Waals surface area (Å²) in [7, 11) is 0. The third-order valence-electron chi connectivity index (χ3n) is 4.34. The summed E-state index contributed by atoms with van der Waals surface area (Å²) >= 11 is 0. The molecule has 1 aromatic rings. The van der Waals surface area contributed by atoms with E-state index in [1.165, 1.54) is 0 Å². The molecule has 0 bridgehead atoms. The Kier molecular flexibility index (Phi) is 4.42. The summed E-state index contributed by atoms with van der Waals surface area (Å²) in [4.78, 5) is 26.3. The second-order valence-electron chi connectivity index (χ2n) is 5.80. The predicted octanol–water partition coefficient (Wildman–Crippen LogP) is 0.471. The number of rotatable bonds is 3. The van der Waals surface area contributed by atoms with Crippen LogP contribution in [0.25, 0.3) is 0 Å². The lowest BCUT2D eigenvalue weighted by Gasteiger charge is -2.31. The minimum Gasteiger partial charge on any atom is -0.466 e. The molecule has 0 radical (unpaired) electrons. The molecule has 2 aliphatic rings. The average molecular weight is 306 g/mol. The van der Waals surface area contributed by atoms with Crippen LogP contribution in [-0.4, -0.2) is 53.2 Å². The predicted molar refractivity (Wildman–Crippen MR) is 79.3 cm³/mol. The van der Waals surface area contributed by atoms with Crippen LogP contribution in [0.5, 0.6) is 0 Å². The number of aromatic nitrogens is 2. The van der Waals surface area contributed by atoms with Gasteiger partial charge in [-0.2, -0.15) is 5.10 Å². The molecule has 1 amide bonds. The number of esters is 1. The van der Waals surface area contributed by atoms with Gasteiger partial charge in [0.05, 0.1) is 12.5 Å². The summed E-state index contributed by atoms with van der Waals surface area (Å²) in [5, 5.41) is 10.4. The Hall–Kier alpha value is -1.89. The van der Waals surface area contributed by atoms with Crippen molar-refractivity contribution in [2.24, 2.45) is 5.92 Å². The molecule has 22 heavy (non-hydrogen) atoms. The van der Waals surface area contributed by atoms with E-state index >= 15 is 0 Å². The summed E-state index contributed by atoms with van der Waals surface area (Å²) in [5.74, 6) is -0.508. The van der Waals surface area contributed by atoms with Crippen molar-refractivity contribution in [1.29, 1.82) is 0 Å². The van der Waals surface area contributed by atoms with E-state index in [0.717, 1.165) is 37.1 Å². The number of hydrogen-bond donors (Lipinski definition) is 2. The average Bonchev–Trinajstić information content (AvgIpc) is 2.98. The van der Waals surface area contributed by atoms with Gasteiger partial charge in [-0.15, -0.1) is 0 Å². The molecule has 3 rings (SSSR count). The number of nitrogens with zero attached hydrogens (tertiary/aromatic N) is 2. The second kappa shape index (κ2) is 6.48. The molecule has 7 heteroatoms. The Morgan fingerprint density at radius 1 is 1.45 bits per heavy atom. The fourth-order valence-corrected chi connectivity index (χ4v) is 3.17. The Morgan fingerprint density at radius 2 is 2.32 bits per heavy atom. The fourth-order valence-electron chi connectivity index (χ4n) is 3.17. The van der Waals surface area contributed by atoms with Crippen LogP contribution in [0.2, 0.25) is 0 Å². The van der Waals surface area contributed by atoms with Gasteiger partial charge in [-0.3, -0.25) is 14.7 Å². The molecule has 0 saturated carbocycles. The highest BCUT2D eigenvalue weighted by molar-refractivity contribution is 5.94. The molecule has 7 nitrogen and oxygen atoms in total. The normalized spacial score (nSPS) is 21.3. The van der Waals surface area contributed by atoms with E-state index in [1.807, 2.05) is 0 Å². The molecular formula is C15H22N4O3. The van der Waals surface area contributed by atoms with Crippen LogP contribution >= 0.6 is 0 Å². The summed E-state index contributed by atoms with van der Waals surface area (Å²) in [5.41, 5.74) is 2.50. The number of aromatic amines is 1. The maximum atomic E-state index is 12.7. The lowest BCUT2D eigenvalue weighted by Crippen LogP contribution is -2.43. The van der Waals surface area contributed by atoms with Gasteiger partial charge in [0.2, 0.25) is 0 Å². The van der Waals surface area contributed by atoms with E-state index in [1.54, 1.807) is 11.8 Å². The molecule has 0 aliphatic carbocycles. The van der Waals surface area contributed by atoms with Gasteiger partial charge in [0, 0.05) is 43.9 Å². The van der Waals surface area contributed by atoms with Gasteiger partial charge >= 0.3 is 5.97 Å². The Morgan fingerprint density at radius 3 is 3.14 bits per heavy atom. The molecule has 1 fully saturated rings. The summed E-state index contributed by atoms with van der Waals surface area (Å²) in [6, 6.07) is 0. The van der Waals surface area contributed by atoms with Crippen molar-refractivity contribution >= 4 is 11.9 Å². The zero-order chi connectivity index (χ0) is 15.5. The number of hydrogen-bond acceptors (Lipinski definition) is 5. The van der Waals surface area contributed by atoms with Crippen molar-refractivity contribution in [2.45, 2.75) is 32.7 Å². The number of likely N-dealkylation sites (tertiary alicyclic amines) is 1. The highest BCUT2D eigenvalue weighted by Gasteiger charge is 2.32.